The molecule has 8 nitrogen and oxygen atoms in total. The van der Waals surface area contributed by atoms with E-state index >= 15 is 0 Å². The van der Waals surface area contributed by atoms with Gasteiger partial charge in [-0.15, -0.1) is 0 Å². The maximum absolute atomic E-state index is 11.9. The van der Waals surface area contributed by atoms with E-state index in [4.69, 9.17) is 23.1 Å². The van der Waals surface area contributed by atoms with E-state index in [0.717, 1.165) is 5.01 Å². The van der Waals surface area contributed by atoms with Crippen LogP contribution in [0.5, 0.6) is 0 Å². The summed E-state index contributed by atoms with van der Waals surface area (Å²) >= 11 is 4.70. The van der Waals surface area contributed by atoms with Crippen LogP contribution in [-0.2, 0) is 4.79 Å². The first-order chi connectivity index (χ1) is 9.90. The van der Waals surface area contributed by atoms with Crippen LogP contribution in [0.4, 0.5) is 5.69 Å². The van der Waals surface area contributed by atoms with E-state index in [9.17, 15) is 9.59 Å². The van der Waals surface area contributed by atoms with E-state index in [-0.39, 0.29) is 16.4 Å². The summed E-state index contributed by atoms with van der Waals surface area (Å²) in [5, 5.41) is 17.4. The number of benzene rings is 1. The number of thiocarbonyl (C=S) groups is 1. The summed E-state index contributed by atoms with van der Waals surface area (Å²) in [5.74, 6) is -1.54. The van der Waals surface area contributed by atoms with Gasteiger partial charge in [-0.25, -0.2) is 4.79 Å². The van der Waals surface area contributed by atoms with Crippen LogP contribution in [0.15, 0.2) is 34.5 Å². The Labute approximate surface area is 124 Å². The molecule has 4 N–H and O–H groups in total. The van der Waals surface area contributed by atoms with Crippen molar-refractivity contribution < 1.29 is 14.7 Å². The molecule has 0 radical (unpaired) electrons. The molecule has 1 amide bonds. The number of amides is 1. The van der Waals surface area contributed by atoms with Crippen molar-refractivity contribution in [1.82, 2.24) is 5.01 Å². The minimum absolute atomic E-state index is 0.0881. The highest BCUT2D eigenvalue weighted by Gasteiger charge is 2.31. The highest BCUT2D eigenvalue weighted by molar-refractivity contribution is 7.80. The van der Waals surface area contributed by atoms with E-state index in [0.29, 0.717) is 11.4 Å². The van der Waals surface area contributed by atoms with Crippen molar-refractivity contribution in [1.29, 1.82) is 0 Å². The largest absolute Gasteiger partial charge is 0.478 e. The molecule has 1 aromatic rings. The number of carbonyl (C=O) groups excluding carboxylic acids is 1. The molecule has 0 saturated heterocycles. The standard InChI is InChI=1S/C12H11N5O3S/c1-6-9(10(18)17(16-6)12(13)21)15-14-8-4-2-7(3-5-8)11(19)20/h2-5,14H,1H3,(H2,13,21)(H,19,20). The molecule has 1 aliphatic heterocycles. The van der Waals surface area contributed by atoms with E-state index in [1.54, 1.807) is 6.92 Å². The van der Waals surface area contributed by atoms with Crippen LogP contribution in [0.2, 0.25) is 0 Å². The van der Waals surface area contributed by atoms with Crippen molar-refractivity contribution in [2.45, 2.75) is 6.92 Å². The summed E-state index contributed by atoms with van der Waals surface area (Å²) in [6, 6.07) is 5.91. The molecule has 0 atom stereocenters. The minimum atomic E-state index is -1.02. The summed E-state index contributed by atoms with van der Waals surface area (Å²) in [6.45, 7) is 1.60. The Hall–Kier alpha value is -2.81. The fourth-order valence-electron chi connectivity index (χ4n) is 1.58. The number of hydrazone groups is 2. The van der Waals surface area contributed by atoms with Crippen molar-refractivity contribution in [2.24, 2.45) is 15.9 Å². The van der Waals surface area contributed by atoms with Crippen molar-refractivity contribution in [3.05, 3.63) is 29.8 Å². The number of nitrogens with zero attached hydrogens (tertiary/aromatic N) is 3. The Morgan fingerprint density at radius 1 is 1.43 bits per heavy atom. The van der Waals surface area contributed by atoms with E-state index in [2.05, 4.69) is 15.6 Å². The summed E-state index contributed by atoms with van der Waals surface area (Å²) in [6.07, 6.45) is 0. The normalized spacial score (nSPS) is 16.0. The number of carboxylic acids is 1. The van der Waals surface area contributed by atoms with Crippen LogP contribution in [-0.4, -0.2) is 38.5 Å². The maximum atomic E-state index is 11.9. The molecular weight excluding hydrogens is 294 g/mol. The SMILES string of the molecule is CC1=NN(C(N)=S)C(=O)C1=NNc1ccc(C(=O)O)cc1. The first-order valence-corrected chi connectivity index (χ1v) is 6.17. The predicted molar refractivity (Wildman–Crippen MR) is 81.2 cm³/mol. The van der Waals surface area contributed by atoms with Crippen molar-refractivity contribution in [3.8, 4) is 0 Å². The first kappa shape index (κ1) is 14.6. The Kier molecular flexibility index (Phi) is 3.94. The van der Waals surface area contributed by atoms with Crippen LogP contribution < -0.4 is 11.2 Å². The molecule has 0 bridgehead atoms. The summed E-state index contributed by atoms with van der Waals surface area (Å²) in [7, 11) is 0. The highest BCUT2D eigenvalue weighted by atomic mass is 32.1. The smallest absolute Gasteiger partial charge is 0.335 e. The predicted octanol–water partition coefficient (Wildman–Crippen LogP) is 0.614. The molecule has 108 valence electrons. The number of aromatic carboxylic acids is 1. The fourth-order valence-corrected chi connectivity index (χ4v) is 1.71. The third kappa shape index (κ3) is 3.03. The molecule has 0 saturated carbocycles. The van der Waals surface area contributed by atoms with Gasteiger partial charge in [0.15, 0.2) is 10.8 Å². The highest BCUT2D eigenvalue weighted by Crippen LogP contribution is 2.11. The van der Waals surface area contributed by atoms with Gasteiger partial charge in [-0.05, 0) is 43.4 Å². The van der Waals surface area contributed by atoms with Gasteiger partial charge in [0.05, 0.1) is 17.0 Å². The van der Waals surface area contributed by atoms with Gasteiger partial charge in [-0.2, -0.15) is 15.2 Å². The van der Waals surface area contributed by atoms with E-state index in [1.165, 1.54) is 24.3 Å². The molecule has 1 aromatic carbocycles. The Morgan fingerprint density at radius 3 is 2.52 bits per heavy atom. The van der Waals surface area contributed by atoms with E-state index < -0.39 is 11.9 Å². The number of anilines is 1. The topological polar surface area (TPSA) is 120 Å². The number of nitrogens with two attached hydrogens (primary N) is 1. The summed E-state index contributed by atoms with van der Waals surface area (Å²) < 4.78 is 0. The van der Waals surface area contributed by atoms with Gasteiger partial charge in [0.2, 0.25) is 0 Å². The monoisotopic (exact) mass is 305 g/mol. The van der Waals surface area contributed by atoms with Crippen LogP contribution in [0.25, 0.3) is 0 Å². The molecular formula is C12H11N5O3S. The molecule has 0 aromatic heterocycles. The second-order valence-electron chi connectivity index (χ2n) is 4.10. The lowest BCUT2D eigenvalue weighted by molar-refractivity contribution is -0.119. The zero-order valence-electron chi connectivity index (χ0n) is 10.9. The Morgan fingerprint density at radius 2 is 2.05 bits per heavy atom. The van der Waals surface area contributed by atoms with Crippen LogP contribution in [0, 0.1) is 0 Å². The van der Waals surface area contributed by atoms with Gasteiger partial charge in [-0.1, -0.05) is 0 Å². The Balaban J connectivity index is 2.15. The molecule has 0 fully saturated rings. The molecule has 1 heterocycles. The maximum Gasteiger partial charge on any atom is 0.335 e. The second-order valence-corrected chi connectivity index (χ2v) is 4.51. The number of hydrogen-bond donors (Lipinski definition) is 3. The lowest BCUT2D eigenvalue weighted by Crippen LogP contribution is -2.36. The lowest BCUT2D eigenvalue weighted by Gasteiger charge is -2.07. The lowest BCUT2D eigenvalue weighted by atomic mass is 10.2. The van der Waals surface area contributed by atoms with E-state index in [1.807, 2.05) is 0 Å². The summed E-state index contributed by atoms with van der Waals surface area (Å²) in [4.78, 5) is 22.6. The number of nitrogens with one attached hydrogen (secondary N) is 1. The number of rotatable bonds is 3. The van der Waals surface area contributed by atoms with Gasteiger partial charge in [-0.3, -0.25) is 10.2 Å². The Bertz CT molecular complexity index is 681. The van der Waals surface area contributed by atoms with Crippen molar-refractivity contribution in [3.63, 3.8) is 0 Å². The van der Waals surface area contributed by atoms with Gasteiger partial charge < -0.3 is 10.8 Å². The van der Waals surface area contributed by atoms with Crippen molar-refractivity contribution in [2.75, 3.05) is 5.43 Å². The van der Waals surface area contributed by atoms with Gasteiger partial charge in [0.1, 0.15) is 0 Å². The number of hydrogen-bond acceptors (Lipinski definition) is 6. The molecule has 1 aliphatic rings. The van der Waals surface area contributed by atoms with Crippen LogP contribution >= 0.6 is 12.2 Å². The van der Waals surface area contributed by atoms with Gasteiger partial charge >= 0.3 is 11.9 Å². The zero-order chi connectivity index (χ0) is 15.6. The quantitative estimate of drug-likeness (QED) is 0.556. The number of carboxylic acid groups (broad SMARTS) is 1. The average molecular weight is 305 g/mol. The molecule has 9 heteroatoms. The summed E-state index contributed by atoms with van der Waals surface area (Å²) in [5.41, 5.74) is 9.17. The molecule has 0 spiro atoms. The van der Waals surface area contributed by atoms with Gasteiger partial charge in [0.25, 0.3) is 0 Å². The average Bonchev–Trinajstić information content (AvgIpc) is 2.72. The molecule has 0 aliphatic carbocycles. The third-order valence-corrected chi connectivity index (χ3v) is 2.80. The minimum Gasteiger partial charge on any atom is -0.478 e. The van der Waals surface area contributed by atoms with Gasteiger partial charge in [0, 0.05) is 0 Å². The molecule has 0 unspecified atom stereocenters. The third-order valence-electron chi connectivity index (χ3n) is 2.63. The van der Waals surface area contributed by atoms with Crippen LogP contribution in [0.1, 0.15) is 17.3 Å². The number of carbonyl (C=O) groups is 2. The fraction of sp³-hybridized carbons (Fsp3) is 0.0833. The van der Waals surface area contributed by atoms with Crippen molar-refractivity contribution >= 4 is 46.3 Å². The zero-order valence-corrected chi connectivity index (χ0v) is 11.7. The molecule has 2 rings (SSSR count). The van der Waals surface area contributed by atoms with Crippen LogP contribution in [0.3, 0.4) is 0 Å². The molecule has 21 heavy (non-hydrogen) atoms. The first-order valence-electron chi connectivity index (χ1n) is 5.76. The second kappa shape index (κ2) is 5.67.